The van der Waals surface area contributed by atoms with Crippen LogP contribution in [0.4, 0.5) is 13.2 Å². The van der Waals surface area contributed by atoms with E-state index in [1.54, 1.807) is 36.4 Å². The standard InChI is InChI=1S/C26H32F3N3O2/c1-17-4-8-19(9-5-17)22(25(12-13-25)26(27,28)29)15-23(33)31-16-21(32(2)3)14-18-6-10-20(11-7-18)24(30)34/h4-11,21-22H,12-16H2,1-3H3,(H2,30,34)(H,31,33)/t21-,22+/m0/s1. The zero-order chi connectivity index (χ0) is 25.1. The predicted molar refractivity (Wildman–Crippen MR) is 125 cm³/mol. The Balaban J connectivity index is 1.68. The number of aryl methyl sites for hydroxylation is 1. The summed E-state index contributed by atoms with van der Waals surface area (Å²) >= 11 is 0. The number of hydrogen-bond donors (Lipinski definition) is 2. The highest BCUT2D eigenvalue weighted by Gasteiger charge is 2.67. The third kappa shape index (κ3) is 5.97. The lowest BCUT2D eigenvalue weighted by atomic mass is 9.79. The minimum Gasteiger partial charge on any atom is -0.366 e. The van der Waals surface area contributed by atoms with Crippen LogP contribution in [-0.4, -0.2) is 49.6 Å². The summed E-state index contributed by atoms with van der Waals surface area (Å²) in [6, 6.07) is 13.9. The maximum absolute atomic E-state index is 13.9. The predicted octanol–water partition coefficient (Wildman–Crippen LogP) is 4.20. The number of carbonyl (C=O) groups is 2. The zero-order valence-electron chi connectivity index (χ0n) is 19.8. The summed E-state index contributed by atoms with van der Waals surface area (Å²) in [5, 5.41) is 2.85. The van der Waals surface area contributed by atoms with Crippen molar-refractivity contribution in [3.63, 3.8) is 0 Å². The summed E-state index contributed by atoms with van der Waals surface area (Å²) in [5.41, 5.74) is 6.34. The van der Waals surface area contributed by atoms with Gasteiger partial charge in [0.1, 0.15) is 0 Å². The van der Waals surface area contributed by atoms with Crippen molar-refractivity contribution in [2.24, 2.45) is 11.1 Å². The van der Waals surface area contributed by atoms with Crippen LogP contribution in [0.2, 0.25) is 0 Å². The van der Waals surface area contributed by atoms with Gasteiger partial charge in [-0.25, -0.2) is 0 Å². The number of nitrogens with one attached hydrogen (secondary N) is 1. The van der Waals surface area contributed by atoms with E-state index in [0.29, 0.717) is 24.1 Å². The highest BCUT2D eigenvalue weighted by molar-refractivity contribution is 5.92. The van der Waals surface area contributed by atoms with E-state index in [0.717, 1.165) is 11.1 Å². The molecule has 0 aromatic heterocycles. The molecule has 0 bridgehead atoms. The van der Waals surface area contributed by atoms with E-state index in [4.69, 9.17) is 5.73 Å². The Hall–Kier alpha value is -2.87. The second-order valence-corrected chi connectivity index (χ2v) is 9.51. The summed E-state index contributed by atoms with van der Waals surface area (Å²) in [6.45, 7) is 2.17. The number of nitrogens with two attached hydrogens (primary N) is 1. The first kappa shape index (κ1) is 25.7. The van der Waals surface area contributed by atoms with Gasteiger partial charge in [0.05, 0.1) is 5.41 Å². The van der Waals surface area contributed by atoms with Gasteiger partial charge in [-0.3, -0.25) is 9.59 Å². The topological polar surface area (TPSA) is 75.4 Å². The SMILES string of the molecule is Cc1ccc([C@@H](CC(=O)NC[C@H](Cc2ccc(C(N)=O)cc2)N(C)C)C2(C(F)(F)F)CC2)cc1. The molecule has 1 fully saturated rings. The molecule has 1 aliphatic rings. The van der Waals surface area contributed by atoms with Gasteiger partial charge < -0.3 is 16.0 Å². The number of nitrogens with zero attached hydrogens (tertiary/aromatic N) is 1. The molecule has 2 atom stereocenters. The Labute approximate surface area is 198 Å². The molecular formula is C26H32F3N3O2. The molecule has 0 spiro atoms. The van der Waals surface area contributed by atoms with Crippen molar-refractivity contribution in [2.75, 3.05) is 20.6 Å². The Kier molecular flexibility index (Phi) is 7.70. The zero-order valence-corrected chi connectivity index (χ0v) is 19.8. The fourth-order valence-corrected chi connectivity index (χ4v) is 4.40. The molecule has 2 aromatic rings. The van der Waals surface area contributed by atoms with Crippen molar-refractivity contribution in [2.45, 2.75) is 50.7 Å². The van der Waals surface area contributed by atoms with Gasteiger partial charge >= 0.3 is 6.18 Å². The maximum atomic E-state index is 13.9. The minimum absolute atomic E-state index is 0.0456. The van der Waals surface area contributed by atoms with Gasteiger partial charge in [0.15, 0.2) is 0 Å². The summed E-state index contributed by atoms with van der Waals surface area (Å²) < 4.78 is 41.8. The third-order valence-electron chi connectivity index (χ3n) is 6.86. The molecule has 8 heteroatoms. The van der Waals surface area contributed by atoms with Crippen LogP contribution in [0.1, 0.15) is 52.2 Å². The fourth-order valence-electron chi connectivity index (χ4n) is 4.40. The quantitative estimate of drug-likeness (QED) is 0.541. The summed E-state index contributed by atoms with van der Waals surface area (Å²) in [6.07, 6.45) is -3.88. The van der Waals surface area contributed by atoms with Crippen LogP contribution in [0, 0.1) is 12.3 Å². The van der Waals surface area contributed by atoms with Gasteiger partial charge in [0.2, 0.25) is 11.8 Å². The van der Waals surface area contributed by atoms with Crippen LogP contribution < -0.4 is 11.1 Å². The second-order valence-electron chi connectivity index (χ2n) is 9.51. The molecule has 0 radical (unpaired) electrons. The average Bonchev–Trinajstić information content (AvgIpc) is 3.58. The molecule has 0 aliphatic heterocycles. The highest BCUT2D eigenvalue weighted by Crippen LogP contribution is 2.66. The number of hydrogen-bond acceptors (Lipinski definition) is 3. The molecule has 0 saturated heterocycles. The van der Waals surface area contributed by atoms with Gasteiger partial charge in [-0.15, -0.1) is 0 Å². The Morgan fingerprint density at radius 3 is 2.12 bits per heavy atom. The molecule has 0 unspecified atom stereocenters. The van der Waals surface area contributed by atoms with Crippen LogP contribution in [0.3, 0.4) is 0 Å². The number of halogens is 3. The minimum atomic E-state index is -4.36. The molecule has 34 heavy (non-hydrogen) atoms. The molecular weight excluding hydrogens is 443 g/mol. The van der Waals surface area contributed by atoms with Gasteiger partial charge in [0.25, 0.3) is 0 Å². The Morgan fingerprint density at radius 1 is 1.06 bits per heavy atom. The summed E-state index contributed by atoms with van der Waals surface area (Å²) in [7, 11) is 3.76. The van der Waals surface area contributed by atoms with Crippen molar-refractivity contribution >= 4 is 11.8 Å². The lowest BCUT2D eigenvalue weighted by molar-refractivity contribution is -0.194. The summed E-state index contributed by atoms with van der Waals surface area (Å²) in [5.74, 6) is -1.80. The Morgan fingerprint density at radius 2 is 1.65 bits per heavy atom. The molecule has 0 heterocycles. The van der Waals surface area contributed by atoms with Crippen molar-refractivity contribution in [1.82, 2.24) is 10.2 Å². The van der Waals surface area contributed by atoms with E-state index < -0.39 is 29.3 Å². The second kappa shape index (κ2) is 10.2. The van der Waals surface area contributed by atoms with E-state index in [1.165, 1.54) is 0 Å². The Bertz CT molecular complexity index is 997. The largest absolute Gasteiger partial charge is 0.395 e. The van der Waals surface area contributed by atoms with E-state index >= 15 is 0 Å². The average molecular weight is 476 g/mol. The lowest BCUT2D eigenvalue weighted by Crippen LogP contribution is -2.42. The molecule has 3 rings (SSSR count). The fraction of sp³-hybridized carbons (Fsp3) is 0.462. The number of rotatable bonds is 10. The first-order valence-electron chi connectivity index (χ1n) is 11.4. The number of benzene rings is 2. The van der Waals surface area contributed by atoms with Gasteiger partial charge in [-0.1, -0.05) is 42.0 Å². The monoisotopic (exact) mass is 475 g/mol. The molecule has 1 aliphatic carbocycles. The first-order valence-corrected chi connectivity index (χ1v) is 11.4. The molecule has 1 saturated carbocycles. The number of primary amides is 1. The number of alkyl halides is 3. The van der Waals surface area contributed by atoms with E-state index in [1.807, 2.05) is 38.1 Å². The highest BCUT2D eigenvalue weighted by atomic mass is 19.4. The van der Waals surface area contributed by atoms with Gasteiger partial charge in [-0.2, -0.15) is 13.2 Å². The molecule has 5 nitrogen and oxygen atoms in total. The maximum Gasteiger partial charge on any atom is 0.395 e. The van der Waals surface area contributed by atoms with E-state index in [-0.39, 0.29) is 25.3 Å². The number of amides is 2. The number of likely N-dealkylation sites (N-methyl/N-ethyl adjacent to an activating group) is 1. The molecule has 2 aromatic carbocycles. The van der Waals surface area contributed by atoms with Gasteiger partial charge in [-0.05, 0) is 63.5 Å². The smallest absolute Gasteiger partial charge is 0.366 e. The van der Waals surface area contributed by atoms with Gasteiger partial charge in [0, 0.05) is 30.5 Å². The van der Waals surface area contributed by atoms with Crippen LogP contribution >= 0.6 is 0 Å². The van der Waals surface area contributed by atoms with E-state index in [9.17, 15) is 22.8 Å². The summed E-state index contributed by atoms with van der Waals surface area (Å²) in [4.78, 5) is 26.1. The normalized spacial score (nSPS) is 16.7. The van der Waals surface area contributed by atoms with Crippen molar-refractivity contribution in [3.05, 3.63) is 70.8 Å². The molecule has 3 N–H and O–H groups in total. The van der Waals surface area contributed by atoms with Crippen molar-refractivity contribution in [3.8, 4) is 0 Å². The van der Waals surface area contributed by atoms with Crippen molar-refractivity contribution < 1.29 is 22.8 Å². The van der Waals surface area contributed by atoms with Crippen LogP contribution in [0.15, 0.2) is 48.5 Å². The van der Waals surface area contributed by atoms with Crippen LogP contribution in [-0.2, 0) is 11.2 Å². The van der Waals surface area contributed by atoms with Crippen LogP contribution in [0.25, 0.3) is 0 Å². The first-order chi connectivity index (χ1) is 15.9. The van der Waals surface area contributed by atoms with E-state index in [2.05, 4.69) is 5.32 Å². The number of carbonyl (C=O) groups excluding carboxylic acids is 2. The lowest BCUT2D eigenvalue weighted by Gasteiger charge is -2.30. The molecule has 184 valence electrons. The van der Waals surface area contributed by atoms with Crippen LogP contribution in [0.5, 0.6) is 0 Å². The third-order valence-corrected chi connectivity index (χ3v) is 6.86. The van der Waals surface area contributed by atoms with Crippen molar-refractivity contribution in [1.29, 1.82) is 0 Å². The molecule has 2 amide bonds.